The third-order valence-electron chi connectivity index (χ3n) is 2.17. The number of primary amides is 1. The van der Waals surface area contributed by atoms with Crippen molar-refractivity contribution in [2.24, 2.45) is 5.73 Å². The molecule has 0 saturated heterocycles. The number of rotatable bonds is 9. The molecule has 0 aliphatic carbocycles. The molecule has 0 spiro atoms. The number of amides is 3. The first kappa shape index (κ1) is 16.2. The first-order chi connectivity index (χ1) is 8.47. The van der Waals surface area contributed by atoms with Crippen LogP contribution in [0.5, 0.6) is 0 Å². The minimum Gasteiger partial charge on any atom is -0.480 e. The van der Waals surface area contributed by atoms with Gasteiger partial charge in [0.2, 0.25) is 5.91 Å². The number of nitrogens with two attached hydrogens (primary N) is 1. The normalized spacial score (nSPS) is 11.6. The fourth-order valence-corrected chi connectivity index (χ4v) is 1.22. The van der Waals surface area contributed by atoms with Gasteiger partial charge in [-0.2, -0.15) is 0 Å². The zero-order chi connectivity index (χ0) is 14.0. The molecule has 0 unspecified atom stereocenters. The first-order valence-electron chi connectivity index (χ1n) is 5.67. The zero-order valence-electron chi connectivity index (χ0n) is 10.4. The highest BCUT2D eigenvalue weighted by Gasteiger charge is 2.20. The SMILES string of the molecule is CNCCCNC(=O)N[C@H](CCC(N)=O)C(=O)O. The minimum atomic E-state index is -1.19. The van der Waals surface area contributed by atoms with Gasteiger partial charge in [0.05, 0.1) is 0 Å². The second kappa shape index (κ2) is 9.23. The first-order valence-corrected chi connectivity index (χ1v) is 5.67. The van der Waals surface area contributed by atoms with Crippen LogP contribution in [0, 0.1) is 0 Å². The van der Waals surface area contributed by atoms with E-state index in [1.165, 1.54) is 0 Å². The Morgan fingerprint density at radius 2 is 1.94 bits per heavy atom. The summed E-state index contributed by atoms with van der Waals surface area (Å²) in [5, 5.41) is 16.5. The van der Waals surface area contributed by atoms with Crippen molar-refractivity contribution in [2.75, 3.05) is 20.1 Å². The van der Waals surface area contributed by atoms with Gasteiger partial charge in [-0.1, -0.05) is 0 Å². The van der Waals surface area contributed by atoms with E-state index in [-0.39, 0.29) is 12.8 Å². The number of nitrogens with one attached hydrogen (secondary N) is 3. The fraction of sp³-hybridized carbons (Fsp3) is 0.700. The quantitative estimate of drug-likeness (QED) is 0.326. The molecule has 0 aliphatic heterocycles. The maximum Gasteiger partial charge on any atom is 0.326 e. The Labute approximate surface area is 105 Å². The van der Waals surface area contributed by atoms with Crippen LogP contribution < -0.4 is 21.7 Å². The molecule has 0 aromatic carbocycles. The molecule has 8 nitrogen and oxygen atoms in total. The highest BCUT2D eigenvalue weighted by molar-refractivity contribution is 5.83. The molecule has 3 amide bonds. The minimum absolute atomic E-state index is 0.0192. The van der Waals surface area contributed by atoms with E-state index in [1.807, 2.05) is 0 Å². The molecule has 0 heterocycles. The molecule has 0 aliphatic rings. The van der Waals surface area contributed by atoms with E-state index < -0.39 is 23.9 Å². The Morgan fingerprint density at radius 3 is 2.44 bits per heavy atom. The smallest absolute Gasteiger partial charge is 0.326 e. The summed E-state index contributed by atoms with van der Waals surface area (Å²) in [6.07, 6.45) is 0.633. The molecule has 6 N–H and O–H groups in total. The van der Waals surface area contributed by atoms with Gasteiger partial charge in [0, 0.05) is 13.0 Å². The monoisotopic (exact) mass is 260 g/mol. The molecule has 1 atom stereocenters. The lowest BCUT2D eigenvalue weighted by atomic mass is 10.1. The fourth-order valence-electron chi connectivity index (χ4n) is 1.22. The predicted molar refractivity (Wildman–Crippen MR) is 64.9 cm³/mol. The number of carbonyl (C=O) groups excluding carboxylic acids is 2. The maximum absolute atomic E-state index is 11.3. The molecule has 0 bridgehead atoms. The lowest BCUT2D eigenvalue weighted by Crippen LogP contribution is -2.46. The van der Waals surface area contributed by atoms with E-state index in [1.54, 1.807) is 7.05 Å². The number of urea groups is 1. The van der Waals surface area contributed by atoms with Gasteiger partial charge >= 0.3 is 12.0 Å². The molecule has 0 rings (SSSR count). The molecule has 0 radical (unpaired) electrons. The molecule has 104 valence electrons. The average Bonchev–Trinajstić information content (AvgIpc) is 2.29. The summed E-state index contributed by atoms with van der Waals surface area (Å²) in [5.74, 6) is -1.79. The molecule has 0 saturated carbocycles. The largest absolute Gasteiger partial charge is 0.480 e. The summed E-state index contributed by atoms with van der Waals surface area (Å²) in [5.41, 5.74) is 4.92. The molecule has 8 heteroatoms. The van der Waals surface area contributed by atoms with Crippen LogP contribution in [0.2, 0.25) is 0 Å². The second-order valence-electron chi connectivity index (χ2n) is 3.75. The molecular formula is C10H20N4O4. The van der Waals surface area contributed by atoms with Crippen LogP contribution in [0.15, 0.2) is 0 Å². The van der Waals surface area contributed by atoms with E-state index >= 15 is 0 Å². The van der Waals surface area contributed by atoms with Gasteiger partial charge in [0.1, 0.15) is 6.04 Å². The van der Waals surface area contributed by atoms with Gasteiger partial charge in [-0.05, 0) is 26.4 Å². The number of hydrogen-bond donors (Lipinski definition) is 5. The molecule has 18 heavy (non-hydrogen) atoms. The number of carboxylic acids is 1. The zero-order valence-corrected chi connectivity index (χ0v) is 10.4. The lowest BCUT2D eigenvalue weighted by molar-refractivity contribution is -0.139. The third kappa shape index (κ3) is 8.34. The second-order valence-corrected chi connectivity index (χ2v) is 3.75. The van der Waals surface area contributed by atoms with Crippen molar-refractivity contribution in [1.29, 1.82) is 0 Å². The van der Waals surface area contributed by atoms with Crippen molar-refractivity contribution in [3.63, 3.8) is 0 Å². The molecule has 0 aromatic rings. The van der Waals surface area contributed by atoms with Crippen molar-refractivity contribution in [1.82, 2.24) is 16.0 Å². The Kier molecular flexibility index (Phi) is 8.29. The molecular weight excluding hydrogens is 240 g/mol. The summed E-state index contributed by atoms with van der Waals surface area (Å²) in [4.78, 5) is 32.7. The summed E-state index contributed by atoms with van der Waals surface area (Å²) >= 11 is 0. The van der Waals surface area contributed by atoms with Crippen molar-refractivity contribution >= 4 is 17.9 Å². The number of aliphatic carboxylic acids is 1. The maximum atomic E-state index is 11.3. The van der Waals surface area contributed by atoms with Crippen molar-refractivity contribution in [3.8, 4) is 0 Å². The van der Waals surface area contributed by atoms with Crippen LogP contribution in [0.25, 0.3) is 0 Å². The summed E-state index contributed by atoms with van der Waals surface area (Å²) < 4.78 is 0. The van der Waals surface area contributed by atoms with Gasteiger partial charge in [0.25, 0.3) is 0 Å². The Hall–Kier alpha value is -1.83. The average molecular weight is 260 g/mol. The van der Waals surface area contributed by atoms with E-state index in [2.05, 4.69) is 16.0 Å². The topological polar surface area (TPSA) is 134 Å². The number of carbonyl (C=O) groups is 3. The van der Waals surface area contributed by atoms with Crippen LogP contribution >= 0.6 is 0 Å². The third-order valence-corrected chi connectivity index (χ3v) is 2.17. The van der Waals surface area contributed by atoms with Crippen LogP contribution in [-0.2, 0) is 9.59 Å². The van der Waals surface area contributed by atoms with Gasteiger partial charge in [-0.3, -0.25) is 4.79 Å². The van der Waals surface area contributed by atoms with E-state index in [0.717, 1.165) is 13.0 Å². The van der Waals surface area contributed by atoms with Gasteiger partial charge in [-0.25, -0.2) is 9.59 Å². The summed E-state index contributed by atoms with van der Waals surface area (Å²) in [6.45, 7) is 1.19. The Bertz CT molecular complexity index is 296. The van der Waals surface area contributed by atoms with Crippen molar-refractivity contribution in [3.05, 3.63) is 0 Å². The van der Waals surface area contributed by atoms with Gasteiger partial charge in [-0.15, -0.1) is 0 Å². The van der Waals surface area contributed by atoms with Crippen LogP contribution in [0.4, 0.5) is 4.79 Å². The summed E-state index contributed by atoms with van der Waals surface area (Å²) in [7, 11) is 1.80. The van der Waals surface area contributed by atoms with Gasteiger partial charge in [0.15, 0.2) is 0 Å². The summed E-state index contributed by atoms with van der Waals surface area (Å²) in [6, 6.07) is -1.68. The van der Waals surface area contributed by atoms with E-state index in [4.69, 9.17) is 10.8 Å². The highest BCUT2D eigenvalue weighted by atomic mass is 16.4. The van der Waals surface area contributed by atoms with Crippen molar-refractivity contribution in [2.45, 2.75) is 25.3 Å². The van der Waals surface area contributed by atoms with E-state index in [9.17, 15) is 14.4 Å². The Morgan fingerprint density at radius 1 is 1.28 bits per heavy atom. The van der Waals surface area contributed by atoms with Crippen molar-refractivity contribution < 1.29 is 19.5 Å². The number of hydrogen-bond acceptors (Lipinski definition) is 4. The number of carboxylic acid groups (broad SMARTS) is 1. The van der Waals surface area contributed by atoms with Gasteiger partial charge < -0.3 is 26.8 Å². The van der Waals surface area contributed by atoms with Crippen LogP contribution in [-0.4, -0.2) is 49.2 Å². The highest BCUT2D eigenvalue weighted by Crippen LogP contribution is 1.97. The van der Waals surface area contributed by atoms with Crippen LogP contribution in [0.1, 0.15) is 19.3 Å². The standard InChI is InChI=1S/C10H20N4O4/c1-12-5-2-6-13-10(18)14-7(9(16)17)3-4-8(11)15/h7,12H,2-6H2,1H3,(H2,11,15)(H,16,17)(H2,13,14,18)/t7-/m1/s1. The predicted octanol–water partition coefficient (Wildman–Crippen LogP) is -1.39. The lowest BCUT2D eigenvalue weighted by Gasteiger charge is -2.14. The Balaban J connectivity index is 3.96. The van der Waals surface area contributed by atoms with Crippen LogP contribution in [0.3, 0.4) is 0 Å². The molecule has 0 fully saturated rings. The van der Waals surface area contributed by atoms with E-state index in [0.29, 0.717) is 6.54 Å². The molecule has 0 aromatic heterocycles.